The van der Waals surface area contributed by atoms with Crippen LogP contribution in [0.2, 0.25) is 0 Å². The highest BCUT2D eigenvalue weighted by Gasteiger charge is 2.55. The van der Waals surface area contributed by atoms with Gasteiger partial charge < -0.3 is 35.6 Å². The third kappa shape index (κ3) is 9.46. The third-order valence-electron chi connectivity index (χ3n) is 10.3. The van der Waals surface area contributed by atoms with Crippen LogP contribution in [0.1, 0.15) is 51.8 Å². The van der Waals surface area contributed by atoms with Gasteiger partial charge in [-0.1, -0.05) is 155 Å². The van der Waals surface area contributed by atoms with E-state index in [1.807, 2.05) is 72.8 Å². The fraction of sp³-hybridized carbons (Fsp3) is 0.149. The Kier molecular flexibility index (Phi) is 13.6. The first kappa shape index (κ1) is 43.9. The molecule has 324 valence electrons. The van der Waals surface area contributed by atoms with Gasteiger partial charge in [0.15, 0.2) is 34.6 Å². The molecule has 1 fully saturated rings. The zero-order valence-corrected chi connectivity index (χ0v) is 37.3. The van der Waals surface area contributed by atoms with Crippen LogP contribution >= 0.6 is 45.7 Å². The van der Waals surface area contributed by atoms with Crippen molar-refractivity contribution >= 4 is 80.3 Å². The fourth-order valence-electron chi connectivity index (χ4n) is 7.14. The molecule has 8 rings (SSSR count). The summed E-state index contributed by atoms with van der Waals surface area (Å²) in [5, 5.41) is 28.3. The predicted octanol–water partition coefficient (Wildman–Crippen LogP) is 7.35. The number of aromatic hydroxyl groups is 2. The second kappa shape index (κ2) is 19.8. The number of esters is 2. The Hall–Kier alpha value is -6.70. The van der Waals surface area contributed by atoms with E-state index in [2.05, 4.69) is 38.0 Å². The number of nitrogens with one attached hydrogen (secondary N) is 1. The molecule has 17 heteroatoms. The van der Waals surface area contributed by atoms with E-state index in [0.29, 0.717) is 26.9 Å². The number of ether oxygens (including phenoxy) is 2. The molecule has 1 saturated heterocycles. The van der Waals surface area contributed by atoms with E-state index < -0.39 is 70.7 Å². The van der Waals surface area contributed by atoms with Crippen LogP contribution in [0.15, 0.2) is 161 Å². The number of alkyl halides is 1. The highest BCUT2D eigenvalue weighted by atomic mass is 127. The van der Waals surface area contributed by atoms with E-state index in [1.165, 1.54) is 34.2 Å². The lowest BCUT2D eigenvalue weighted by Gasteiger charge is -2.49. The van der Waals surface area contributed by atoms with Crippen LogP contribution in [-0.2, 0) is 33.5 Å². The number of phenols is 2. The van der Waals surface area contributed by atoms with Crippen LogP contribution in [0.3, 0.4) is 0 Å². The molecule has 5 aromatic carbocycles. The minimum atomic E-state index is -1.70. The lowest BCUT2D eigenvalue weighted by Crippen LogP contribution is -2.71. The Labute approximate surface area is 388 Å². The second-order valence-corrected chi connectivity index (χ2v) is 17.2. The van der Waals surface area contributed by atoms with Crippen LogP contribution in [0.25, 0.3) is 0 Å². The molecule has 14 nitrogen and oxygen atoms in total. The highest BCUT2D eigenvalue weighted by molar-refractivity contribution is 14.1. The lowest BCUT2D eigenvalue weighted by atomic mass is 10.0. The Balaban J connectivity index is 1.06. The summed E-state index contributed by atoms with van der Waals surface area (Å²) in [6, 6.07) is 39.2. The van der Waals surface area contributed by atoms with E-state index in [9.17, 15) is 29.4 Å². The molecule has 0 radical (unpaired) electrons. The maximum atomic E-state index is 14.3. The number of thioether (sulfide) groups is 1. The van der Waals surface area contributed by atoms with Gasteiger partial charge in [0.2, 0.25) is 6.10 Å². The van der Waals surface area contributed by atoms with Crippen LogP contribution in [0.5, 0.6) is 11.5 Å². The van der Waals surface area contributed by atoms with Crippen LogP contribution in [0.4, 0.5) is 5.13 Å². The number of phenolic OH excluding ortho intramolecular Hbond substituents is 2. The second-order valence-electron chi connectivity index (χ2n) is 14.4. The fourth-order valence-corrected chi connectivity index (χ4v) is 10.0. The summed E-state index contributed by atoms with van der Waals surface area (Å²) in [5.41, 5.74) is 9.20. The maximum absolute atomic E-state index is 14.3. The van der Waals surface area contributed by atoms with Gasteiger partial charge in [-0.25, -0.2) is 14.6 Å². The number of hydrogen-bond acceptors (Lipinski definition) is 14. The van der Waals surface area contributed by atoms with Gasteiger partial charge in [0, 0.05) is 21.1 Å². The van der Waals surface area contributed by atoms with Gasteiger partial charge in [-0.3, -0.25) is 14.5 Å². The number of benzene rings is 5. The molecule has 1 aromatic heterocycles. The number of nitrogens with zero attached hydrogens (tertiary/aromatic N) is 3. The van der Waals surface area contributed by atoms with Crippen LogP contribution in [-0.4, -0.2) is 71.2 Å². The van der Waals surface area contributed by atoms with Crippen molar-refractivity contribution in [2.24, 2.45) is 5.16 Å². The van der Waals surface area contributed by atoms with E-state index in [0.717, 1.165) is 28.5 Å². The van der Waals surface area contributed by atoms with Crippen LogP contribution in [0, 0.1) is 0 Å². The SMILES string of the molecule is Nc1nc(/C(=N/OC(C(=O)OC(c2ccccc2)c2ccccc2)c2ccc(O)c(O)c2)C(=O)NC2C(=O)N3C(C(=O)OC(c4ccccc4)c4ccccc4)=C(CI)CS[C@H]23)cs1. The summed E-state index contributed by atoms with van der Waals surface area (Å²) in [6.07, 6.45) is -3.35. The Morgan fingerprint density at radius 2 is 1.34 bits per heavy atom. The standard InChI is InChI=1S/C47H38IN5O9S2/c48-24-32-25-63-44-37(43(57)53(44)38(32)45(58)60-39(27-13-5-1-6-14-27)28-15-7-2-8-16-28)51-42(56)36(33-26-64-47(49)50-33)52-62-41(31-21-22-34(54)35(55)23-31)46(59)61-40(29-17-9-3-10-18-29)30-19-11-4-12-20-30/h1-23,26,37,39-41,44,54-55H,24-25H2,(H2,49,50)(H,51,56)/b52-36-/t37?,41?,44-/m1/s1. The number of halogens is 1. The number of hydrogen-bond donors (Lipinski definition) is 4. The number of aromatic nitrogens is 1. The number of nitrogen functional groups attached to an aromatic ring is 1. The van der Waals surface area contributed by atoms with Crippen LogP contribution < -0.4 is 11.1 Å². The smallest absolute Gasteiger partial charge is 0.356 e. The molecule has 0 bridgehead atoms. The zero-order valence-electron chi connectivity index (χ0n) is 33.5. The summed E-state index contributed by atoms with van der Waals surface area (Å²) < 4.78 is 12.7. The summed E-state index contributed by atoms with van der Waals surface area (Å²) in [6.45, 7) is 0. The Bertz CT molecular complexity index is 2650. The zero-order chi connectivity index (χ0) is 44.7. The summed E-state index contributed by atoms with van der Waals surface area (Å²) in [7, 11) is 0. The number of carbonyl (C=O) groups excluding carboxylic acids is 4. The number of thiazole rings is 1. The molecule has 5 N–H and O–H groups in total. The van der Waals surface area contributed by atoms with Crippen molar-refractivity contribution in [2.75, 3.05) is 15.9 Å². The van der Waals surface area contributed by atoms with E-state index in [4.69, 9.17) is 20.0 Å². The highest BCUT2D eigenvalue weighted by Crippen LogP contribution is 2.42. The molecule has 6 aromatic rings. The molecular weight excluding hydrogens is 970 g/mol. The molecule has 2 aliphatic rings. The van der Waals surface area contributed by atoms with Gasteiger partial charge in [0.1, 0.15) is 22.8 Å². The molecule has 0 saturated carbocycles. The number of anilines is 1. The van der Waals surface area contributed by atoms with Gasteiger partial charge in [-0.2, -0.15) is 0 Å². The number of fused-ring (bicyclic) bond motifs is 1. The molecule has 0 spiro atoms. The van der Waals surface area contributed by atoms with E-state index >= 15 is 0 Å². The first-order valence-electron chi connectivity index (χ1n) is 19.7. The number of β-lactam (4-membered cyclic amide) rings is 1. The lowest BCUT2D eigenvalue weighted by molar-refractivity contribution is -0.162. The molecule has 3 atom stereocenters. The van der Waals surface area contributed by atoms with Gasteiger partial charge >= 0.3 is 11.9 Å². The minimum Gasteiger partial charge on any atom is -0.504 e. The predicted molar refractivity (Wildman–Crippen MR) is 249 cm³/mol. The number of oxime groups is 1. The van der Waals surface area contributed by atoms with Crippen molar-refractivity contribution in [3.8, 4) is 11.5 Å². The van der Waals surface area contributed by atoms with Crippen molar-refractivity contribution in [3.63, 3.8) is 0 Å². The molecule has 2 unspecified atom stereocenters. The third-order valence-corrected chi connectivity index (χ3v) is 13.2. The molecule has 2 aliphatic heterocycles. The summed E-state index contributed by atoms with van der Waals surface area (Å²) in [4.78, 5) is 68.2. The normalized spacial score (nSPS) is 16.5. The number of carbonyl (C=O) groups is 4. The van der Waals surface area contributed by atoms with Gasteiger partial charge in [-0.05, 0) is 40.0 Å². The van der Waals surface area contributed by atoms with Crippen molar-refractivity contribution in [3.05, 3.63) is 190 Å². The average Bonchev–Trinajstić information content (AvgIpc) is 3.77. The number of rotatable bonds is 15. The largest absolute Gasteiger partial charge is 0.504 e. The average molecular weight is 1010 g/mol. The van der Waals surface area contributed by atoms with Gasteiger partial charge in [0.25, 0.3) is 11.8 Å². The molecule has 64 heavy (non-hydrogen) atoms. The minimum absolute atomic E-state index is 0.0173. The van der Waals surface area contributed by atoms with Crippen molar-refractivity contribution in [2.45, 2.75) is 29.7 Å². The van der Waals surface area contributed by atoms with Gasteiger partial charge in [-0.15, -0.1) is 23.1 Å². The van der Waals surface area contributed by atoms with Crippen molar-refractivity contribution < 1.29 is 43.7 Å². The van der Waals surface area contributed by atoms with Gasteiger partial charge in [0.05, 0.1) is 0 Å². The Morgan fingerprint density at radius 3 is 1.84 bits per heavy atom. The molecule has 0 aliphatic carbocycles. The van der Waals surface area contributed by atoms with Crippen molar-refractivity contribution in [1.29, 1.82) is 0 Å². The maximum Gasteiger partial charge on any atom is 0.356 e. The topological polar surface area (TPSA) is 203 Å². The molecule has 3 heterocycles. The quantitative estimate of drug-likeness (QED) is 0.0152. The first-order valence-corrected chi connectivity index (χ1v) is 23.2. The van der Waals surface area contributed by atoms with Crippen molar-refractivity contribution in [1.82, 2.24) is 15.2 Å². The summed E-state index contributed by atoms with van der Waals surface area (Å²) in [5.74, 6) is -3.69. The number of amides is 2. The monoisotopic (exact) mass is 1010 g/mol. The molecular formula is C47H38IN5O9S2. The van der Waals surface area contributed by atoms with E-state index in [-0.39, 0.29) is 22.1 Å². The Morgan fingerprint density at radius 1 is 0.797 bits per heavy atom. The van der Waals surface area contributed by atoms with E-state index in [1.54, 1.807) is 48.5 Å². The number of nitrogens with two attached hydrogens (primary N) is 1. The summed E-state index contributed by atoms with van der Waals surface area (Å²) >= 11 is 4.55. The first-order chi connectivity index (χ1) is 31.1. The molecule has 2 amide bonds.